The Bertz CT molecular complexity index is 504. The molecule has 1 amide bonds. The normalized spacial score (nSPS) is 22.3. The summed E-state index contributed by atoms with van der Waals surface area (Å²) in [6.07, 6.45) is 1.90. The Morgan fingerprint density at radius 3 is 3.15 bits per heavy atom. The molecule has 1 aromatic rings. The highest BCUT2D eigenvalue weighted by molar-refractivity contribution is 5.80. The van der Waals surface area contributed by atoms with Crippen LogP contribution in [-0.2, 0) is 22.4 Å². The van der Waals surface area contributed by atoms with Crippen LogP contribution in [0, 0.1) is 0 Å². The van der Waals surface area contributed by atoms with Crippen molar-refractivity contribution in [1.82, 2.24) is 4.90 Å². The number of fused-ring (bicyclic) bond motifs is 1. The van der Waals surface area contributed by atoms with E-state index in [-0.39, 0.29) is 11.9 Å². The van der Waals surface area contributed by atoms with Crippen LogP contribution >= 0.6 is 0 Å². The summed E-state index contributed by atoms with van der Waals surface area (Å²) in [4.78, 5) is 13.5. The third-order valence-corrected chi connectivity index (χ3v) is 4.01. The maximum atomic E-state index is 11.4. The number of carbonyl (C=O) groups excluding carboxylic acids is 1. The van der Waals surface area contributed by atoms with Gasteiger partial charge in [-0.3, -0.25) is 9.69 Å². The monoisotopic (exact) mass is 276 g/mol. The number of primary amides is 1. The van der Waals surface area contributed by atoms with E-state index in [1.807, 2.05) is 6.07 Å². The first-order chi connectivity index (χ1) is 9.74. The quantitative estimate of drug-likeness (QED) is 0.862. The summed E-state index contributed by atoms with van der Waals surface area (Å²) in [6.45, 7) is 3.46. The van der Waals surface area contributed by atoms with Gasteiger partial charge >= 0.3 is 0 Å². The Labute approximate surface area is 118 Å². The summed E-state index contributed by atoms with van der Waals surface area (Å²) < 4.78 is 10.8. The summed E-state index contributed by atoms with van der Waals surface area (Å²) in [6, 6.07) is 6.07. The molecule has 0 spiro atoms. The zero-order chi connectivity index (χ0) is 13.9. The van der Waals surface area contributed by atoms with Crippen molar-refractivity contribution in [3.05, 3.63) is 29.3 Å². The van der Waals surface area contributed by atoms with Gasteiger partial charge in [0.1, 0.15) is 11.8 Å². The van der Waals surface area contributed by atoms with E-state index in [0.29, 0.717) is 13.2 Å². The Morgan fingerprint density at radius 1 is 1.40 bits per heavy atom. The van der Waals surface area contributed by atoms with Crippen molar-refractivity contribution < 1.29 is 14.3 Å². The third-order valence-electron chi connectivity index (χ3n) is 4.01. The maximum Gasteiger partial charge on any atom is 0.237 e. The molecule has 1 aromatic carbocycles. The molecule has 1 unspecified atom stereocenters. The Kier molecular flexibility index (Phi) is 3.89. The second-order valence-corrected chi connectivity index (χ2v) is 5.32. The van der Waals surface area contributed by atoms with Crippen molar-refractivity contribution in [1.29, 1.82) is 0 Å². The molecule has 0 aliphatic carbocycles. The highest BCUT2D eigenvalue weighted by Crippen LogP contribution is 2.26. The fourth-order valence-electron chi connectivity index (χ4n) is 2.84. The minimum absolute atomic E-state index is 0.290. The van der Waals surface area contributed by atoms with Crippen LogP contribution in [0.2, 0.25) is 0 Å². The van der Waals surface area contributed by atoms with Crippen LogP contribution in [0.25, 0.3) is 0 Å². The first-order valence-electron chi connectivity index (χ1n) is 7.10. The molecule has 2 aliphatic heterocycles. The van der Waals surface area contributed by atoms with Gasteiger partial charge in [0.05, 0.1) is 19.8 Å². The van der Waals surface area contributed by atoms with Crippen LogP contribution < -0.4 is 10.5 Å². The number of morpholine rings is 1. The Morgan fingerprint density at radius 2 is 2.30 bits per heavy atom. The van der Waals surface area contributed by atoms with Gasteiger partial charge in [0.25, 0.3) is 0 Å². The van der Waals surface area contributed by atoms with E-state index < -0.39 is 0 Å². The third kappa shape index (κ3) is 2.78. The molecule has 108 valence electrons. The number of amides is 1. The molecular formula is C15H20N2O3. The summed E-state index contributed by atoms with van der Waals surface area (Å²) in [5, 5.41) is 0. The van der Waals surface area contributed by atoms with Crippen LogP contribution in [0.15, 0.2) is 18.2 Å². The van der Waals surface area contributed by atoms with Crippen LogP contribution in [0.3, 0.4) is 0 Å². The van der Waals surface area contributed by atoms with E-state index in [9.17, 15) is 4.79 Å². The lowest BCUT2D eigenvalue weighted by Gasteiger charge is -2.33. The lowest BCUT2D eigenvalue weighted by Crippen LogP contribution is -2.52. The largest absolute Gasteiger partial charge is 0.493 e. The smallest absolute Gasteiger partial charge is 0.237 e. The second-order valence-electron chi connectivity index (χ2n) is 5.32. The van der Waals surface area contributed by atoms with Gasteiger partial charge in [0.2, 0.25) is 5.91 Å². The van der Waals surface area contributed by atoms with Gasteiger partial charge in [0.15, 0.2) is 0 Å². The summed E-state index contributed by atoms with van der Waals surface area (Å²) in [7, 11) is 0. The number of benzene rings is 1. The number of hydrogen-bond donors (Lipinski definition) is 1. The van der Waals surface area contributed by atoms with Crippen molar-refractivity contribution in [2.45, 2.75) is 18.9 Å². The molecule has 20 heavy (non-hydrogen) atoms. The van der Waals surface area contributed by atoms with Gasteiger partial charge in [-0.05, 0) is 23.6 Å². The molecule has 2 heterocycles. The molecule has 5 nitrogen and oxygen atoms in total. The van der Waals surface area contributed by atoms with Crippen LogP contribution in [-0.4, -0.2) is 49.8 Å². The zero-order valence-corrected chi connectivity index (χ0v) is 11.5. The Hall–Kier alpha value is -1.59. The molecule has 1 fully saturated rings. The average molecular weight is 276 g/mol. The van der Waals surface area contributed by atoms with Crippen molar-refractivity contribution in [2.24, 2.45) is 5.73 Å². The maximum absolute atomic E-state index is 11.4. The van der Waals surface area contributed by atoms with Gasteiger partial charge in [-0.25, -0.2) is 0 Å². The lowest BCUT2D eigenvalue weighted by atomic mass is 10.1. The minimum atomic E-state index is -0.299. The van der Waals surface area contributed by atoms with Crippen molar-refractivity contribution in [2.75, 3.05) is 32.9 Å². The van der Waals surface area contributed by atoms with Gasteiger partial charge < -0.3 is 15.2 Å². The highest BCUT2D eigenvalue weighted by Gasteiger charge is 2.27. The predicted octanol–water partition coefficient (Wildman–Crippen LogP) is 0.350. The van der Waals surface area contributed by atoms with E-state index >= 15 is 0 Å². The number of rotatable bonds is 4. The molecule has 0 bridgehead atoms. The van der Waals surface area contributed by atoms with Crippen molar-refractivity contribution >= 4 is 5.91 Å². The van der Waals surface area contributed by atoms with Crippen LogP contribution in [0.4, 0.5) is 0 Å². The first kappa shape index (κ1) is 13.4. The molecule has 0 radical (unpaired) electrons. The molecule has 1 saturated heterocycles. The van der Waals surface area contributed by atoms with Crippen molar-refractivity contribution in [3.8, 4) is 5.75 Å². The van der Waals surface area contributed by atoms with E-state index in [0.717, 1.165) is 38.3 Å². The molecular weight excluding hydrogens is 256 g/mol. The van der Waals surface area contributed by atoms with Gasteiger partial charge in [0, 0.05) is 19.5 Å². The molecule has 0 aromatic heterocycles. The van der Waals surface area contributed by atoms with E-state index in [4.69, 9.17) is 15.2 Å². The highest BCUT2D eigenvalue weighted by atomic mass is 16.5. The van der Waals surface area contributed by atoms with Crippen LogP contribution in [0.1, 0.15) is 11.1 Å². The number of nitrogens with zero attached hydrogens (tertiary/aromatic N) is 1. The SMILES string of the molecule is NC(=O)C1COCCN1CCc1ccc2c(c1)CCO2. The van der Waals surface area contributed by atoms with Gasteiger partial charge in [-0.15, -0.1) is 0 Å². The topological polar surface area (TPSA) is 64.8 Å². The number of nitrogens with two attached hydrogens (primary N) is 1. The standard InChI is InChI=1S/C15H20N2O3/c16-15(18)13-10-19-8-6-17(13)5-3-11-1-2-14-12(9-11)4-7-20-14/h1-2,9,13H,3-8,10H2,(H2,16,18). The predicted molar refractivity (Wildman–Crippen MR) is 74.7 cm³/mol. The number of ether oxygens (including phenoxy) is 2. The molecule has 2 N–H and O–H groups in total. The van der Waals surface area contributed by atoms with E-state index in [2.05, 4.69) is 17.0 Å². The fraction of sp³-hybridized carbons (Fsp3) is 0.533. The lowest BCUT2D eigenvalue weighted by molar-refractivity contribution is -0.129. The number of hydrogen-bond acceptors (Lipinski definition) is 4. The molecule has 0 saturated carbocycles. The first-order valence-corrected chi connectivity index (χ1v) is 7.10. The Balaban J connectivity index is 1.62. The fourth-order valence-corrected chi connectivity index (χ4v) is 2.84. The van der Waals surface area contributed by atoms with Crippen LogP contribution in [0.5, 0.6) is 5.75 Å². The summed E-state index contributed by atoms with van der Waals surface area (Å²) >= 11 is 0. The molecule has 2 aliphatic rings. The second kappa shape index (κ2) is 5.81. The van der Waals surface area contributed by atoms with Gasteiger partial charge in [-0.2, -0.15) is 0 Å². The molecule has 3 rings (SSSR count). The minimum Gasteiger partial charge on any atom is -0.493 e. The molecule has 5 heteroatoms. The van der Waals surface area contributed by atoms with Crippen molar-refractivity contribution in [3.63, 3.8) is 0 Å². The van der Waals surface area contributed by atoms with E-state index in [1.165, 1.54) is 11.1 Å². The molecule has 1 atom stereocenters. The van der Waals surface area contributed by atoms with Gasteiger partial charge in [-0.1, -0.05) is 12.1 Å². The average Bonchev–Trinajstić information content (AvgIpc) is 2.92. The number of carbonyl (C=O) groups is 1. The summed E-state index contributed by atoms with van der Waals surface area (Å²) in [5.74, 6) is 0.710. The zero-order valence-electron chi connectivity index (χ0n) is 11.5. The van der Waals surface area contributed by atoms with E-state index in [1.54, 1.807) is 0 Å². The summed E-state index contributed by atoms with van der Waals surface area (Å²) in [5.41, 5.74) is 7.99.